The van der Waals surface area contributed by atoms with Crippen LogP contribution in [0, 0.1) is 6.92 Å². The third kappa shape index (κ3) is 3.81. The molecule has 0 unspecified atom stereocenters. The first-order valence-electron chi connectivity index (χ1n) is 5.77. The Morgan fingerprint density at radius 1 is 1.05 bits per heavy atom. The molecular formula is C14H14BrNO2S. The van der Waals surface area contributed by atoms with Crippen molar-refractivity contribution in [1.82, 2.24) is 0 Å². The lowest BCUT2D eigenvalue weighted by Gasteiger charge is -2.10. The number of rotatable bonds is 4. The van der Waals surface area contributed by atoms with Gasteiger partial charge in [0.05, 0.1) is 11.4 Å². The van der Waals surface area contributed by atoms with Gasteiger partial charge in [0.2, 0.25) is 10.0 Å². The van der Waals surface area contributed by atoms with Crippen molar-refractivity contribution in [1.29, 1.82) is 0 Å². The molecule has 0 fully saturated rings. The molecule has 3 nitrogen and oxygen atoms in total. The van der Waals surface area contributed by atoms with Crippen LogP contribution in [-0.2, 0) is 15.8 Å². The van der Waals surface area contributed by atoms with E-state index in [4.69, 9.17) is 0 Å². The molecule has 0 bridgehead atoms. The van der Waals surface area contributed by atoms with Crippen molar-refractivity contribution >= 4 is 31.6 Å². The van der Waals surface area contributed by atoms with Crippen molar-refractivity contribution in [2.75, 3.05) is 4.72 Å². The minimum atomic E-state index is -3.41. The standard InChI is InChI=1S/C14H14BrNO2S/c1-11-6-2-3-7-12(11)10-19(17,18)16-14-9-5-4-8-13(14)15/h2-9,16H,10H2,1H3. The second kappa shape index (κ2) is 5.75. The molecule has 1 N–H and O–H groups in total. The molecular weight excluding hydrogens is 326 g/mol. The maximum absolute atomic E-state index is 12.1. The van der Waals surface area contributed by atoms with Gasteiger partial charge in [-0.1, -0.05) is 36.4 Å². The first kappa shape index (κ1) is 14.1. The molecule has 0 saturated carbocycles. The first-order chi connectivity index (χ1) is 8.98. The number of benzene rings is 2. The highest BCUT2D eigenvalue weighted by molar-refractivity contribution is 9.10. The van der Waals surface area contributed by atoms with Gasteiger partial charge >= 0.3 is 0 Å². The quantitative estimate of drug-likeness (QED) is 0.922. The van der Waals surface area contributed by atoms with E-state index in [2.05, 4.69) is 20.7 Å². The Morgan fingerprint density at radius 3 is 2.37 bits per heavy atom. The van der Waals surface area contributed by atoms with Gasteiger partial charge in [-0.2, -0.15) is 0 Å². The summed E-state index contributed by atoms with van der Waals surface area (Å²) in [4.78, 5) is 0. The van der Waals surface area contributed by atoms with Crippen molar-refractivity contribution < 1.29 is 8.42 Å². The molecule has 0 aliphatic rings. The van der Waals surface area contributed by atoms with E-state index in [0.717, 1.165) is 15.6 Å². The molecule has 2 rings (SSSR count). The molecule has 0 radical (unpaired) electrons. The summed E-state index contributed by atoms with van der Waals surface area (Å²) in [6, 6.07) is 14.6. The first-order valence-corrected chi connectivity index (χ1v) is 8.22. The Balaban J connectivity index is 2.21. The van der Waals surface area contributed by atoms with Crippen LogP contribution in [0.4, 0.5) is 5.69 Å². The lowest BCUT2D eigenvalue weighted by atomic mass is 10.1. The Labute approximate surface area is 121 Å². The third-order valence-corrected chi connectivity index (χ3v) is 4.66. The van der Waals surface area contributed by atoms with Crippen LogP contribution >= 0.6 is 15.9 Å². The largest absolute Gasteiger partial charge is 0.282 e. The van der Waals surface area contributed by atoms with E-state index >= 15 is 0 Å². The number of halogens is 1. The van der Waals surface area contributed by atoms with E-state index < -0.39 is 10.0 Å². The zero-order valence-corrected chi connectivity index (χ0v) is 12.8. The predicted molar refractivity (Wildman–Crippen MR) is 81.6 cm³/mol. The third-order valence-electron chi connectivity index (χ3n) is 2.75. The van der Waals surface area contributed by atoms with Crippen LogP contribution in [0.5, 0.6) is 0 Å². The molecule has 2 aromatic carbocycles. The van der Waals surface area contributed by atoms with E-state index in [1.165, 1.54) is 0 Å². The molecule has 0 heterocycles. The van der Waals surface area contributed by atoms with Crippen molar-refractivity contribution in [3.8, 4) is 0 Å². The number of hydrogen-bond donors (Lipinski definition) is 1. The number of aryl methyl sites for hydroxylation is 1. The zero-order chi connectivity index (χ0) is 13.9. The van der Waals surface area contributed by atoms with Gasteiger partial charge in [-0.3, -0.25) is 4.72 Å². The second-order valence-corrected chi connectivity index (χ2v) is 6.84. The van der Waals surface area contributed by atoms with Crippen molar-refractivity contribution in [2.45, 2.75) is 12.7 Å². The number of sulfonamides is 1. The number of nitrogens with one attached hydrogen (secondary N) is 1. The summed E-state index contributed by atoms with van der Waals surface area (Å²) in [7, 11) is -3.41. The van der Waals surface area contributed by atoms with Gasteiger partial charge in [-0.15, -0.1) is 0 Å². The summed E-state index contributed by atoms with van der Waals surface area (Å²) < 4.78 is 27.6. The number of hydrogen-bond acceptors (Lipinski definition) is 2. The molecule has 0 atom stereocenters. The zero-order valence-electron chi connectivity index (χ0n) is 10.4. The van der Waals surface area contributed by atoms with Crippen molar-refractivity contribution in [2.24, 2.45) is 0 Å². The molecule has 0 amide bonds. The Kier molecular flexibility index (Phi) is 4.27. The SMILES string of the molecule is Cc1ccccc1CS(=O)(=O)Nc1ccccc1Br. The fourth-order valence-corrected chi connectivity index (χ4v) is 3.56. The smallest absolute Gasteiger partial charge is 0.236 e. The summed E-state index contributed by atoms with van der Waals surface area (Å²) in [6.45, 7) is 1.91. The maximum atomic E-state index is 12.1. The van der Waals surface area contributed by atoms with Crippen LogP contribution in [0.1, 0.15) is 11.1 Å². The van der Waals surface area contributed by atoms with Gasteiger partial charge < -0.3 is 0 Å². The minimum Gasteiger partial charge on any atom is -0.282 e. The average molecular weight is 340 g/mol. The second-order valence-electron chi connectivity index (χ2n) is 4.27. The molecule has 0 spiro atoms. The Bertz CT molecular complexity index is 630. The topological polar surface area (TPSA) is 46.2 Å². The molecule has 0 aliphatic heterocycles. The lowest BCUT2D eigenvalue weighted by molar-refractivity contribution is 0.600. The van der Waals surface area contributed by atoms with E-state index in [1.807, 2.05) is 37.3 Å². The van der Waals surface area contributed by atoms with Gasteiger partial charge in [0.25, 0.3) is 0 Å². The van der Waals surface area contributed by atoms with E-state index in [0.29, 0.717) is 5.69 Å². The van der Waals surface area contributed by atoms with Crippen LogP contribution in [0.15, 0.2) is 53.0 Å². The summed E-state index contributed by atoms with van der Waals surface area (Å²) in [6.07, 6.45) is 0. The summed E-state index contributed by atoms with van der Waals surface area (Å²) in [5, 5.41) is 0. The van der Waals surface area contributed by atoms with Gasteiger partial charge in [-0.25, -0.2) is 8.42 Å². The molecule has 0 saturated heterocycles. The monoisotopic (exact) mass is 339 g/mol. The van der Waals surface area contributed by atoms with Crippen molar-refractivity contribution in [3.63, 3.8) is 0 Å². The predicted octanol–water partition coefficient (Wildman–Crippen LogP) is 3.70. The van der Waals surface area contributed by atoms with Crippen LogP contribution in [0.2, 0.25) is 0 Å². The van der Waals surface area contributed by atoms with Crippen LogP contribution in [0.25, 0.3) is 0 Å². The molecule has 2 aromatic rings. The van der Waals surface area contributed by atoms with Gasteiger partial charge in [0.15, 0.2) is 0 Å². The maximum Gasteiger partial charge on any atom is 0.236 e. The van der Waals surface area contributed by atoms with E-state index in [1.54, 1.807) is 18.2 Å². The van der Waals surface area contributed by atoms with Crippen LogP contribution in [0.3, 0.4) is 0 Å². The lowest BCUT2D eigenvalue weighted by Crippen LogP contribution is -2.15. The molecule has 19 heavy (non-hydrogen) atoms. The molecule has 0 aliphatic carbocycles. The van der Waals surface area contributed by atoms with E-state index in [9.17, 15) is 8.42 Å². The number of anilines is 1. The molecule has 100 valence electrons. The highest BCUT2D eigenvalue weighted by Gasteiger charge is 2.14. The summed E-state index contributed by atoms with van der Waals surface area (Å²) in [5.74, 6) is -0.0268. The van der Waals surface area contributed by atoms with E-state index in [-0.39, 0.29) is 5.75 Å². The average Bonchev–Trinajstić information content (AvgIpc) is 2.35. The normalized spacial score (nSPS) is 11.3. The fourth-order valence-electron chi connectivity index (χ4n) is 1.72. The highest BCUT2D eigenvalue weighted by atomic mass is 79.9. The van der Waals surface area contributed by atoms with Gasteiger partial charge in [0, 0.05) is 4.47 Å². The van der Waals surface area contributed by atoms with Crippen molar-refractivity contribution in [3.05, 3.63) is 64.1 Å². The fraction of sp³-hybridized carbons (Fsp3) is 0.143. The van der Waals surface area contributed by atoms with Crippen LogP contribution < -0.4 is 4.72 Å². The summed E-state index contributed by atoms with van der Waals surface area (Å²) in [5.41, 5.74) is 2.33. The highest BCUT2D eigenvalue weighted by Crippen LogP contribution is 2.23. The van der Waals surface area contributed by atoms with Gasteiger partial charge in [0.1, 0.15) is 0 Å². The minimum absolute atomic E-state index is 0.0268. The van der Waals surface area contributed by atoms with Gasteiger partial charge in [-0.05, 0) is 46.1 Å². The Morgan fingerprint density at radius 2 is 1.68 bits per heavy atom. The Hall–Kier alpha value is -1.33. The molecule has 0 aromatic heterocycles. The van der Waals surface area contributed by atoms with Crippen LogP contribution in [-0.4, -0.2) is 8.42 Å². The summed E-state index contributed by atoms with van der Waals surface area (Å²) >= 11 is 3.32. The number of para-hydroxylation sites is 1. The molecule has 5 heteroatoms.